The third-order valence-electron chi connectivity index (χ3n) is 4.55. The molecule has 2 N–H and O–H groups in total. The third kappa shape index (κ3) is 4.62. The van der Waals surface area contributed by atoms with Gasteiger partial charge in [-0.15, -0.1) is 5.10 Å². The van der Waals surface area contributed by atoms with Crippen molar-refractivity contribution in [1.29, 1.82) is 0 Å². The molecule has 0 atom stereocenters. The van der Waals surface area contributed by atoms with E-state index in [-0.39, 0.29) is 16.0 Å². The van der Waals surface area contributed by atoms with Gasteiger partial charge in [-0.1, -0.05) is 42.5 Å². The van der Waals surface area contributed by atoms with E-state index in [0.29, 0.717) is 22.4 Å². The lowest BCUT2D eigenvalue weighted by Crippen LogP contribution is -2.27. The van der Waals surface area contributed by atoms with Crippen LogP contribution >= 0.6 is 0 Å². The quantitative estimate of drug-likeness (QED) is 0.438. The van der Waals surface area contributed by atoms with Crippen LogP contribution < -0.4 is 20.4 Å². The Morgan fingerprint density at radius 1 is 0.938 bits per heavy atom. The fourth-order valence-corrected chi connectivity index (χ4v) is 3.79. The summed E-state index contributed by atoms with van der Waals surface area (Å²) in [4.78, 5) is 15.2. The average Bonchev–Trinajstić information content (AvgIpc) is 2.83. The number of rotatable bonds is 6. The van der Waals surface area contributed by atoms with Crippen LogP contribution in [0.4, 0.5) is 5.69 Å². The first-order valence-electron chi connectivity index (χ1n) is 9.55. The molecule has 1 amide bonds. The molecule has 0 radical (unpaired) electrons. The number of nitrogens with one attached hydrogen (secondary N) is 2. The Morgan fingerprint density at radius 2 is 1.69 bits per heavy atom. The van der Waals surface area contributed by atoms with Gasteiger partial charge >= 0.3 is 0 Å². The lowest BCUT2D eigenvalue weighted by atomic mass is 10.1. The van der Waals surface area contributed by atoms with Crippen molar-refractivity contribution < 1.29 is 22.4 Å². The van der Waals surface area contributed by atoms with Crippen LogP contribution in [0.2, 0.25) is 0 Å². The number of carbonyl (C=O) groups is 1. The van der Waals surface area contributed by atoms with Crippen molar-refractivity contribution in [2.45, 2.75) is 4.90 Å². The van der Waals surface area contributed by atoms with Crippen LogP contribution in [-0.4, -0.2) is 21.4 Å². The molecule has 0 unspecified atom stereocenters. The molecule has 0 aliphatic rings. The monoisotopic (exact) mass is 449 g/mol. The van der Waals surface area contributed by atoms with Crippen LogP contribution in [0.1, 0.15) is 10.4 Å². The normalized spacial score (nSPS) is 11.8. The predicted octanol–water partition coefficient (Wildman–Crippen LogP) is 3.49. The molecule has 0 saturated carbocycles. The molecule has 0 spiro atoms. The van der Waals surface area contributed by atoms with E-state index in [0.717, 1.165) is 0 Å². The van der Waals surface area contributed by atoms with E-state index in [1.54, 1.807) is 72.8 Å². The number of carbonyl (C=O) groups excluding carboxylic acids is 1. The number of methoxy groups -OCH3 is 1. The van der Waals surface area contributed by atoms with Crippen LogP contribution in [-0.2, 0) is 10.0 Å². The van der Waals surface area contributed by atoms with Gasteiger partial charge in [0, 0.05) is 17.1 Å². The zero-order valence-corrected chi connectivity index (χ0v) is 17.8. The van der Waals surface area contributed by atoms with Crippen molar-refractivity contribution in [2.24, 2.45) is 5.10 Å². The maximum Gasteiger partial charge on any atom is 0.276 e. The molecule has 8 nitrogen and oxygen atoms in total. The number of sulfonamides is 1. The Bertz CT molecular complexity index is 1450. The largest absolute Gasteiger partial charge is 0.497 e. The molecule has 4 aromatic rings. The van der Waals surface area contributed by atoms with Gasteiger partial charge in [-0.05, 0) is 36.4 Å². The molecule has 4 rings (SSSR count). The number of hydrogen-bond acceptors (Lipinski definition) is 6. The van der Waals surface area contributed by atoms with E-state index in [9.17, 15) is 13.2 Å². The number of anilines is 1. The summed E-state index contributed by atoms with van der Waals surface area (Å²) in [5.74, 6) is 0.0527. The van der Waals surface area contributed by atoms with Crippen molar-refractivity contribution in [3.05, 3.63) is 96.0 Å². The van der Waals surface area contributed by atoms with Crippen molar-refractivity contribution in [1.82, 2.24) is 4.83 Å². The molecule has 162 valence electrons. The van der Waals surface area contributed by atoms with E-state index >= 15 is 0 Å². The lowest BCUT2D eigenvalue weighted by Gasteiger charge is -2.08. The first-order valence-corrected chi connectivity index (χ1v) is 11.0. The first kappa shape index (κ1) is 21.1. The predicted molar refractivity (Wildman–Crippen MR) is 119 cm³/mol. The number of hydrogen-bond donors (Lipinski definition) is 2. The number of benzene rings is 3. The van der Waals surface area contributed by atoms with Gasteiger partial charge in [0.05, 0.1) is 12.0 Å². The van der Waals surface area contributed by atoms with E-state index < -0.39 is 15.9 Å². The van der Waals surface area contributed by atoms with Gasteiger partial charge in [-0.3, -0.25) is 4.79 Å². The Kier molecular flexibility index (Phi) is 5.91. The number of nitrogens with zero attached hydrogens (tertiary/aromatic N) is 1. The summed E-state index contributed by atoms with van der Waals surface area (Å²) in [7, 11) is -2.42. The Balaban J connectivity index is 1.75. The Hall–Kier alpha value is -4.11. The molecule has 3 aromatic carbocycles. The summed E-state index contributed by atoms with van der Waals surface area (Å²) in [6.07, 6.45) is 0. The Morgan fingerprint density at radius 3 is 2.47 bits per heavy atom. The standard InChI is InChI=1S/C23H19N3O5S/c1-30-18-10-7-9-17(15-18)24-22(27)20-14-16-8-5-6-13-21(16)31-23(20)25-26-32(28,29)19-11-3-2-4-12-19/h2-15,26H,1H3,(H,24,27)/b25-23+. The van der Waals surface area contributed by atoms with Crippen LogP contribution in [0.15, 0.2) is 99.3 Å². The molecule has 32 heavy (non-hydrogen) atoms. The maximum atomic E-state index is 13.0. The number of ether oxygens (including phenoxy) is 1. The van der Waals surface area contributed by atoms with Crippen LogP contribution in [0.3, 0.4) is 0 Å². The summed E-state index contributed by atoms with van der Waals surface area (Å²) < 4.78 is 36.0. The fourth-order valence-electron chi connectivity index (χ4n) is 2.97. The minimum atomic E-state index is -3.95. The van der Waals surface area contributed by atoms with Gasteiger partial charge in [0.25, 0.3) is 15.9 Å². The van der Waals surface area contributed by atoms with Crippen molar-refractivity contribution in [3.8, 4) is 5.75 Å². The summed E-state index contributed by atoms with van der Waals surface area (Å²) in [5, 5.41) is 7.32. The minimum absolute atomic E-state index is 0.0342. The zero-order valence-electron chi connectivity index (χ0n) is 17.0. The van der Waals surface area contributed by atoms with Crippen molar-refractivity contribution >= 4 is 32.6 Å². The highest BCUT2D eigenvalue weighted by atomic mass is 32.2. The second kappa shape index (κ2) is 8.94. The average molecular weight is 449 g/mol. The summed E-state index contributed by atoms with van der Waals surface area (Å²) in [6.45, 7) is 0. The van der Waals surface area contributed by atoms with Gasteiger partial charge in [0.1, 0.15) is 16.9 Å². The molecule has 0 bridgehead atoms. The number of para-hydroxylation sites is 1. The lowest BCUT2D eigenvalue weighted by molar-refractivity contribution is 0.102. The van der Waals surface area contributed by atoms with E-state index in [1.807, 2.05) is 0 Å². The highest BCUT2D eigenvalue weighted by molar-refractivity contribution is 7.89. The van der Waals surface area contributed by atoms with Gasteiger partial charge in [-0.25, -0.2) is 0 Å². The van der Waals surface area contributed by atoms with Gasteiger partial charge in [0.15, 0.2) is 0 Å². The van der Waals surface area contributed by atoms with Crippen LogP contribution in [0.5, 0.6) is 5.75 Å². The highest BCUT2D eigenvalue weighted by Crippen LogP contribution is 2.18. The molecule has 0 fully saturated rings. The number of fused-ring (bicyclic) bond motifs is 1. The second-order valence-electron chi connectivity index (χ2n) is 6.71. The van der Waals surface area contributed by atoms with Gasteiger partial charge in [0.2, 0.25) is 5.55 Å². The van der Waals surface area contributed by atoms with Crippen molar-refractivity contribution in [2.75, 3.05) is 12.4 Å². The smallest absolute Gasteiger partial charge is 0.276 e. The minimum Gasteiger partial charge on any atom is -0.497 e. The second-order valence-corrected chi connectivity index (χ2v) is 8.37. The van der Waals surface area contributed by atoms with Gasteiger partial charge in [-0.2, -0.15) is 13.2 Å². The van der Waals surface area contributed by atoms with E-state index in [2.05, 4.69) is 15.2 Å². The zero-order chi connectivity index (χ0) is 22.6. The van der Waals surface area contributed by atoms with E-state index in [1.165, 1.54) is 19.2 Å². The molecule has 1 aromatic heterocycles. The Labute approximate surface area is 184 Å². The fraction of sp³-hybridized carbons (Fsp3) is 0.0435. The van der Waals surface area contributed by atoms with Crippen LogP contribution in [0.25, 0.3) is 11.0 Å². The SMILES string of the molecule is COc1cccc(NC(=O)c2cc3ccccc3o/c2=N/NS(=O)(=O)c2ccccc2)c1. The molecule has 0 aliphatic carbocycles. The summed E-state index contributed by atoms with van der Waals surface area (Å²) in [6, 6.07) is 23.2. The highest BCUT2D eigenvalue weighted by Gasteiger charge is 2.16. The summed E-state index contributed by atoms with van der Waals surface area (Å²) in [5.41, 5.74) is 0.826. The van der Waals surface area contributed by atoms with Crippen LogP contribution in [0, 0.1) is 0 Å². The third-order valence-corrected chi connectivity index (χ3v) is 5.77. The molecule has 9 heteroatoms. The molecular formula is C23H19N3O5S. The topological polar surface area (TPSA) is 110 Å². The van der Waals surface area contributed by atoms with Gasteiger partial charge < -0.3 is 14.5 Å². The molecule has 1 heterocycles. The summed E-state index contributed by atoms with van der Waals surface area (Å²) >= 11 is 0. The number of amides is 1. The molecular weight excluding hydrogens is 430 g/mol. The first-order chi connectivity index (χ1) is 15.5. The maximum absolute atomic E-state index is 13.0. The molecule has 0 aliphatic heterocycles. The van der Waals surface area contributed by atoms with Crippen molar-refractivity contribution in [3.63, 3.8) is 0 Å². The van der Waals surface area contributed by atoms with E-state index in [4.69, 9.17) is 9.15 Å². The molecule has 0 saturated heterocycles.